The van der Waals surface area contributed by atoms with E-state index in [-0.39, 0.29) is 46.5 Å². The van der Waals surface area contributed by atoms with Gasteiger partial charge in [-0.2, -0.15) is 13.1 Å². The molecule has 3 saturated heterocycles. The van der Waals surface area contributed by atoms with Crippen molar-refractivity contribution in [3.63, 3.8) is 0 Å². The predicted octanol–water partition coefficient (Wildman–Crippen LogP) is 6.98. The molecule has 26 nitrogen and oxygen atoms in total. The molecule has 0 radical (unpaired) electrons. The first-order valence-electron chi connectivity index (χ1n) is 27.3. The van der Waals surface area contributed by atoms with Crippen LogP contribution in [-0.2, 0) is 14.9 Å². The van der Waals surface area contributed by atoms with Gasteiger partial charge in [0.05, 0.1) is 37.2 Å². The molecule has 9 aromatic heterocycles. The van der Waals surface area contributed by atoms with Crippen molar-refractivity contribution in [2.75, 3.05) is 49.1 Å². The first-order valence-corrected chi connectivity index (χ1v) is 29.2. The highest BCUT2D eigenvalue weighted by molar-refractivity contribution is 7.87. The molecule has 9 aromatic rings. The van der Waals surface area contributed by atoms with E-state index in [2.05, 4.69) is 80.1 Å². The fourth-order valence-electron chi connectivity index (χ4n) is 9.49. The standard InChI is InChI=1S/C16H18F2N8O2S.C16H17F2N7.C11H6ClF2N5.C10H20N2O2/c17-15(18)11-9-26-12(6-22-14(26)7-21-11)16-20-4-3-13(23-16)25-5-1-2-10(8-25)24-29(19,27)28;17-15(18)11-9-25-12(6-22-14(25)7-21-11)16-20-4-3-13(23-16)24-5-1-2-10(19)8-24;12-8-1-2-15-11(18-8)7-3-17-9-4-16-6(10(13)14)5-19(7)9;1-10(2,3)14-9(13)12-8-5-4-6-11-7-8/h3-4,6-7,9-10,15,24H,1-2,5,8H2,(H2,19,27,28);3-4,6-7,9-10,15H,1-2,5,8,19H2;1-5,10H;8,11H,4-7H2,1-3H3,(H,12,13)/t2*10-;;8-/m00.0/s1. The minimum atomic E-state index is -3.80. The Bertz CT molecular complexity index is 3910. The number of carbonyl (C=O) groups excluding carboxylic acids is 1. The van der Waals surface area contributed by atoms with Gasteiger partial charge in [-0.3, -0.25) is 13.2 Å². The van der Waals surface area contributed by atoms with Gasteiger partial charge >= 0.3 is 6.09 Å². The zero-order valence-corrected chi connectivity index (χ0v) is 48.6. The molecule has 1 amide bonds. The molecule has 3 atom stereocenters. The van der Waals surface area contributed by atoms with Crippen molar-refractivity contribution in [1.29, 1.82) is 0 Å². The number of aromatic nitrogens is 15. The first kappa shape index (κ1) is 63.1. The van der Waals surface area contributed by atoms with Crippen LogP contribution in [0.25, 0.3) is 51.5 Å². The lowest BCUT2D eigenvalue weighted by Crippen LogP contribution is -2.49. The number of ether oxygens (including phenoxy) is 1. The predicted molar refractivity (Wildman–Crippen MR) is 308 cm³/mol. The smallest absolute Gasteiger partial charge is 0.407 e. The zero-order chi connectivity index (χ0) is 62.0. The Morgan fingerprint density at radius 3 is 1.51 bits per heavy atom. The highest BCUT2D eigenvalue weighted by Gasteiger charge is 2.26. The lowest BCUT2D eigenvalue weighted by Gasteiger charge is -2.33. The lowest BCUT2D eigenvalue weighted by atomic mass is 10.1. The van der Waals surface area contributed by atoms with Gasteiger partial charge in [-0.05, 0) is 84.0 Å². The number of nitrogens with one attached hydrogen (secondary N) is 3. The molecular formula is C53H61ClF6N22O4S. The van der Waals surface area contributed by atoms with E-state index in [4.69, 9.17) is 27.2 Å². The summed E-state index contributed by atoms with van der Waals surface area (Å²) in [7, 11) is -3.80. The lowest BCUT2D eigenvalue weighted by molar-refractivity contribution is 0.0496. The number of rotatable bonds is 11. The van der Waals surface area contributed by atoms with Crippen LogP contribution in [0.1, 0.15) is 95.7 Å². The largest absolute Gasteiger partial charge is 0.444 e. The minimum Gasteiger partial charge on any atom is -0.444 e. The van der Waals surface area contributed by atoms with E-state index in [9.17, 15) is 39.6 Å². The molecule has 0 unspecified atom stereocenters. The Morgan fingerprint density at radius 2 is 1.08 bits per heavy atom. The van der Waals surface area contributed by atoms with Crippen molar-refractivity contribution in [1.82, 2.24) is 88.4 Å². The zero-order valence-electron chi connectivity index (χ0n) is 47.1. The summed E-state index contributed by atoms with van der Waals surface area (Å²) in [6.45, 7) is 10.2. The van der Waals surface area contributed by atoms with Crippen molar-refractivity contribution < 1.29 is 44.3 Å². The highest BCUT2D eigenvalue weighted by atomic mass is 35.5. The summed E-state index contributed by atoms with van der Waals surface area (Å²) in [4.78, 5) is 64.6. The molecule has 0 aromatic carbocycles. The average molecular weight is 1250 g/mol. The SMILES string of the molecule is CC(C)(C)OC(=O)N[C@H]1CCCNC1.FC(F)c1cn2c(-c3nccc(Cl)n3)cnc2cn1.NS(=O)(=O)N[C@H]1CCCN(c2ccnc(-c3cnc4cnc(C(F)F)cn34)n2)C1.N[C@H]1CCCN(c2ccnc(-c3cnc4cnc(C(F)F)cn34)n2)C1. The number of hydrogen-bond acceptors (Lipinski definition) is 20. The minimum absolute atomic E-state index is 0.127. The third-order valence-corrected chi connectivity index (χ3v) is 14.3. The number of piperidine rings is 3. The molecule has 3 fully saturated rings. The van der Waals surface area contributed by atoms with Crippen LogP contribution >= 0.6 is 11.6 Å². The second-order valence-electron chi connectivity index (χ2n) is 21.1. The van der Waals surface area contributed by atoms with Crippen LogP contribution in [0.2, 0.25) is 5.15 Å². The number of halogens is 7. The van der Waals surface area contributed by atoms with Crippen molar-refractivity contribution in [3.05, 3.63) is 115 Å². The second-order valence-corrected chi connectivity index (χ2v) is 22.8. The van der Waals surface area contributed by atoms with Crippen LogP contribution in [0.4, 0.5) is 42.8 Å². The molecule has 0 aliphatic carbocycles. The number of anilines is 2. The maximum atomic E-state index is 13.0. The number of nitrogens with two attached hydrogens (primary N) is 2. The van der Waals surface area contributed by atoms with Gasteiger partial charge in [0.25, 0.3) is 29.5 Å². The molecule has 0 saturated carbocycles. The molecule has 34 heteroatoms. The number of amides is 1. The van der Waals surface area contributed by atoms with Gasteiger partial charge < -0.3 is 30.9 Å². The second kappa shape index (κ2) is 28.0. The number of imidazole rings is 3. The van der Waals surface area contributed by atoms with Crippen LogP contribution in [0, 0.1) is 0 Å². The Balaban J connectivity index is 0.000000143. The maximum Gasteiger partial charge on any atom is 0.407 e. The fourth-order valence-corrected chi connectivity index (χ4v) is 10.3. The summed E-state index contributed by atoms with van der Waals surface area (Å²) >= 11 is 5.78. The maximum absolute atomic E-state index is 13.0. The highest BCUT2D eigenvalue weighted by Crippen LogP contribution is 2.27. The molecule has 87 heavy (non-hydrogen) atoms. The number of fused-ring (bicyclic) bond motifs is 3. The molecule has 3 aliphatic heterocycles. The summed E-state index contributed by atoms with van der Waals surface area (Å²) in [5.74, 6) is 2.41. The third-order valence-electron chi connectivity index (χ3n) is 13.4. The van der Waals surface area contributed by atoms with E-state index < -0.39 is 35.1 Å². The van der Waals surface area contributed by atoms with Gasteiger partial charge in [0.1, 0.15) is 56.6 Å². The van der Waals surface area contributed by atoms with E-state index in [1.165, 1.54) is 75.0 Å². The molecular weight excluding hydrogens is 1190 g/mol. The summed E-state index contributed by atoms with van der Waals surface area (Å²) in [6, 6.07) is 5.09. The molecule has 0 spiro atoms. The van der Waals surface area contributed by atoms with Crippen molar-refractivity contribution in [2.24, 2.45) is 10.9 Å². The topological polar surface area (TPSA) is 323 Å². The Kier molecular flexibility index (Phi) is 20.3. The average Bonchev–Trinajstić information content (AvgIpc) is 1.89. The van der Waals surface area contributed by atoms with Gasteiger partial charge in [-0.15, -0.1) is 0 Å². The van der Waals surface area contributed by atoms with Crippen LogP contribution < -0.4 is 36.0 Å². The summed E-state index contributed by atoms with van der Waals surface area (Å²) in [5.41, 5.74) is 7.36. The summed E-state index contributed by atoms with van der Waals surface area (Å²) < 4.78 is 112. The van der Waals surface area contributed by atoms with Gasteiger partial charge in [0.2, 0.25) is 0 Å². The number of alkyl halides is 6. The van der Waals surface area contributed by atoms with Crippen molar-refractivity contribution in [3.8, 4) is 34.6 Å². The number of alkyl carbamates (subject to hydrolysis) is 1. The number of nitrogens with zero attached hydrogens (tertiary/aromatic N) is 17. The van der Waals surface area contributed by atoms with Gasteiger partial charge in [0.15, 0.2) is 34.4 Å². The Labute approximate surface area is 498 Å². The van der Waals surface area contributed by atoms with Gasteiger partial charge in [-0.25, -0.2) is 96.1 Å². The van der Waals surface area contributed by atoms with Crippen LogP contribution in [-0.4, -0.2) is 151 Å². The first-order chi connectivity index (χ1) is 41.5. The molecule has 7 N–H and O–H groups in total. The van der Waals surface area contributed by atoms with E-state index in [0.29, 0.717) is 76.8 Å². The van der Waals surface area contributed by atoms with Crippen molar-refractivity contribution >= 4 is 56.5 Å². The third kappa shape index (κ3) is 17.0. The number of carbonyl (C=O) groups is 1. The van der Waals surface area contributed by atoms with Crippen LogP contribution in [0.5, 0.6) is 0 Å². The molecule has 12 rings (SSSR count). The van der Waals surface area contributed by atoms with Crippen LogP contribution in [0.15, 0.2) is 92.6 Å². The number of hydrogen-bond donors (Lipinski definition) is 5. The monoisotopic (exact) mass is 1250 g/mol. The quantitative estimate of drug-likeness (QED) is 0.0644. The fraction of sp³-hybridized carbons (Fsp3) is 0.415. The van der Waals surface area contributed by atoms with E-state index in [0.717, 1.165) is 64.1 Å². The molecule has 12 heterocycles. The van der Waals surface area contributed by atoms with Crippen molar-refractivity contribution in [2.45, 2.75) is 102 Å². The van der Waals surface area contributed by atoms with Crippen LogP contribution in [0.3, 0.4) is 0 Å². The summed E-state index contributed by atoms with van der Waals surface area (Å²) in [5, 5.41) is 11.4. The molecule has 3 aliphatic rings. The molecule has 0 bridgehead atoms. The van der Waals surface area contributed by atoms with E-state index in [1.54, 1.807) is 24.7 Å². The molecule has 462 valence electrons. The van der Waals surface area contributed by atoms with Gasteiger partial charge in [0, 0.05) is 88.0 Å². The Hall–Kier alpha value is -8.37. The van der Waals surface area contributed by atoms with E-state index >= 15 is 0 Å². The van der Waals surface area contributed by atoms with Gasteiger partial charge in [-0.1, -0.05) is 11.6 Å². The van der Waals surface area contributed by atoms with E-state index in [1.807, 2.05) is 31.7 Å². The summed E-state index contributed by atoms with van der Waals surface area (Å²) in [6.07, 6.45) is 14.1. The normalized spacial score (nSPS) is 17.4. The Morgan fingerprint density at radius 1 is 0.632 bits per heavy atom.